The van der Waals surface area contributed by atoms with E-state index in [1.54, 1.807) is 27.7 Å². The van der Waals surface area contributed by atoms with Gasteiger partial charge in [-0.15, -0.1) is 10.3 Å². The molecule has 0 aromatic rings. The predicted octanol–water partition coefficient (Wildman–Crippen LogP) is -13.3. The summed E-state index contributed by atoms with van der Waals surface area (Å²) in [5, 5.41) is 242. The highest BCUT2D eigenvalue weighted by atomic mass is 16.8. The number of hydroxylamine groups is 2. The van der Waals surface area contributed by atoms with Crippen molar-refractivity contribution in [2.75, 3.05) is 46.2 Å². The molecule has 37 heteroatoms. The third-order valence-corrected chi connectivity index (χ3v) is 17.8. The highest BCUT2D eigenvalue weighted by Gasteiger charge is 2.60. The Hall–Kier alpha value is -1.48. The zero-order chi connectivity index (χ0) is 64.3. The molecule has 22 saturated heterocycles. The van der Waals surface area contributed by atoms with E-state index in [-0.39, 0.29) is 19.4 Å². The van der Waals surface area contributed by atoms with E-state index >= 15 is 0 Å². The Bertz CT molecular complexity index is 2170. The number of hydrogen-bond acceptors (Lipinski definition) is 36. The number of hydrogen-bond donors (Lipinski definition) is 21. The number of rotatable bonds is 9. The molecule has 35 atom stereocenters. The first-order chi connectivity index (χ1) is 41.5. The molecule has 22 aliphatic rings. The lowest BCUT2D eigenvalue weighted by molar-refractivity contribution is -0.396. The van der Waals surface area contributed by atoms with Crippen molar-refractivity contribution in [3.63, 3.8) is 0 Å². The fraction of sp³-hybridized carbons (Fsp3) is 1.00. The zero-order valence-electron chi connectivity index (χ0n) is 48.2. The number of piperidine rings is 1. The second-order valence-corrected chi connectivity index (χ2v) is 24.9. The van der Waals surface area contributed by atoms with Gasteiger partial charge in [0.05, 0.1) is 39.6 Å². The van der Waals surface area contributed by atoms with Gasteiger partial charge in [0, 0.05) is 23.7 Å². The van der Waals surface area contributed by atoms with E-state index in [1.165, 1.54) is 0 Å². The maximum absolute atomic E-state index is 13.3. The van der Waals surface area contributed by atoms with Crippen LogP contribution in [0, 0.1) is 0 Å². The SMILES string of the molecule is CC1(C)CC(NC[C@H]2O[C@@H]3O[C@H]4[C@H](O)[C@H](O)[C@@H](O[C@H]5[C@H](O)[C@H](O)[C@@H](O[C@H]6[C@H](O)[C@@H](O)[C@@H](O[C@H]7[C@H](O)[C@@H](O)[C@@H](O[C@H]8[C@H](O)[C@@H](O)[C@@H](O[C@H]9[C@H](O)[C@@H](O)[C@@H](O[C@H]2[C@H](O)[C@H]3O)O[C@@H]9CO)O[C@@H]8CO)O[C@@H]7CO)O[C@@H]6CO)O[C@@H]5CO)O[C@@H]4CO)CC(C)(C)N1[O]. The van der Waals surface area contributed by atoms with Crippen LogP contribution < -0.4 is 5.32 Å². The van der Waals surface area contributed by atoms with Crippen LogP contribution in [-0.4, -0.2) is 385 Å². The number of nitrogens with zero attached hydrogens (tertiary/aromatic N) is 1. The van der Waals surface area contributed by atoms with Gasteiger partial charge in [-0.05, 0) is 40.5 Å². The average molecular weight is 1290 g/mol. The Morgan fingerprint density at radius 2 is 0.466 bits per heavy atom. The lowest BCUT2D eigenvalue weighted by atomic mass is 9.79. The Morgan fingerprint density at radius 1 is 0.295 bits per heavy atom. The Morgan fingerprint density at radius 3 is 0.648 bits per heavy atom. The van der Waals surface area contributed by atoms with Crippen LogP contribution in [0.1, 0.15) is 40.5 Å². The third kappa shape index (κ3) is 14.0. The predicted molar refractivity (Wildman–Crippen MR) is 273 cm³/mol. The minimum atomic E-state index is -2.22. The van der Waals surface area contributed by atoms with Crippen LogP contribution in [0.2, 0.25) is 0 Å². The number of ether oxygens (including phenoxy) is 14. The van der Waals surface area contributed by atoms with Crippen LogP contribution in [0.3, 0.4) is 0 Å². The first-order valence-corrected chi connectivity index (χ1v) is 29.1. The molecule has 0 spiro atoms. The molecule has 21 N–H and O–H groups in total. The lowest BCUT2D eigenvalue weighted by Gasteiger charge is -2.51. The molecule has 22 rings (SSSR count). The van der Waals surface area contributed by atoms with E-state index in [9.17, 15) is 107 Å². The van der Waals surface area contributed by atoms with Crippen molar-refractivity contribution in [1.29, 1.82) is 0 Å². The third-order valence-electron chi connectivity index (χ3n) is 17.8. The summed E-state index contributed by atoms with van der Waals surface area (Å²) in [5.41, 5.74) is -1.83. The van der Waals surface area contributed by atoms with Crippen molar-refractivity contribution in [3.05, 3.63) is 0 Å². The molecular weight excluding hydrogens is 1200 g/mol. The summed E-state index contributed by atoms with van der Waals surface area (Å²) in [4.78, 5) is 0. The van der Waals surface area contributed by atoms with Crippen LogP contribution in [-0.2, 0) is 71.5 Å². The molecule has 22 fully saturated rings. The lowest BCUT2D eigenvalue weighted by Crippen LogP contribution is -2.69. The van der Waals surface area contributed by atoms with Crippen LogP contribution in [0.25, 0.3) is 0 Å². The van der Waals surface area contributed by atoms with Crippen molar-refractivity contribution >= 4 is 0 Å². The summed E-state index contributed by atoms with van der Waals surface area (Å²) in [6.07, 6.45) is -69.5. The van der Waals surface area contributed by atoms with E-state index < -0.39 is 272 Å². The minimum Gasteiger partial charge on any atom is -0.394 e. The monoisotopic (exact) mass is 1290 g/mol. The van der Waals surface area contributed by atoms with E-state index in [1.807, 2.05) is 0 Å². The first kappa shape index (κ1) is 70.8. The highest BCUT2D eigenvalue weighted by molar-refractivity contribution is 5.04. The van der Waals surface area contributed by atoms with Crippen molar-refractivity contribution in [2.24, 2.45) is 0 Å². The van der Waals surface area contributed by atoms with Crippen molar-refractivity contribution in [2.45, 2.75) is 273 Å². The normalized spacial score (nSPS) is 52.7. The Balaban J connectivity index is 1.02. The molecular formula is C51H87N2O35. The van der Waals surface area contributed by atoms with E-state index in [0.29, 0.717) is 0 Å². The molecule has 0 aliphatic carbocycles. The summed E-state index contributed by atoms with van der Waals surface area (Å²) in [5.74, 6) is 0. The smallest absolute Gasteiger partial charge is 0.187 e. The minimum absolute atomic E-state index is 0.268. The Labute approximate surface area is 501 Å². The zero-order valence-corrected chi connectivity index (χ0v) is 48.2. The Kier molecular flexibility index (Phi) is 23.2. The largest absolute Gasteiger partial charge is 0.394 e. The maximum Gasteiger partial charge on any atom is 0.187 e. The quantitative estimate of drug-likeness (QED) is 0.102. The van der Waals surface area contributed by atoms with Crippen molar-refractivity contribution in [3.8, 4) is 0 Å². The summed E-state index contributed by atoms with van der Waals surface area (Å²) < 4.78 is 81.8. The fourth-order valence-corrected chi connectivity index (χ4v) is 13.1. The van der Waals surface area contributed by atoms with Crippen LogP contribution >= 0.6 is 0 Å². The van der Waals surface area contributed by atoms with E-state index in [4.69, 9.17) is 66.3 Å². The molecule has 1 radical (unpaired) electrons. The molecule has 0 unspecified atom stereocenters. The number of aliphatic hydroxyl groups is 20. The van der Waals surface area contributed by atoms with Gasteiger partial charge < -0.3 is 174 Å². The molecule has 0 aromatic carbocycles. The summed E-state index contributed by atoms with van der Waals surface area (Å²) in [6.45, 7) is 0.326. The number of aliphatic hydroxyl groups excluding tert-OH is 20. The summed E-state index contributed by atoms with van der Waals surface area (Å²) in [6, 6.07) is -0.440. The van der Waals surface area contributed by atoms with Crippen molar-refractivity contribution < 1.29 is 174 Å². The highest BCUT2D eigenvalue weighted by Crippen LogP contribution is 2.41. The molecule has 0 amide bonds. The van der Waals surface area contributed by atoms with Gasteiger partial charge in [-0.3, -0.25) is 0 Å². The van der Waals surface area contributed by atoms with Crippen LogP contribution in [0.15, 0.2) is 0 Å². The van der Waals surface area contributed by atoms with E-state index in [2.05, 4.69) is 5.32 Å². The van der Waals surface area contributed by atoms with Gasteiger partial charge in [0.25, 0.3) is 0 Å². The van der Waals surface area contributed by atoms with Crippen molar-refractivity contribution in [1.82, 2.24) is 10.4 Å². The van der Waals surface area contributed by atoms with Gasteiger partial charge in [0.1, 0.15) is 171 Å². The second-order valence-electron chi connectivity index (χ2n) is 24.9. The maximum atomic E-state index is 13.3. The van der Waals surface area contributed by atoms with E-state index in [0.717, 1.165) is 5.06 Å². The van der Waals surface area contributed by atoms with Crippen LogP contribution in [0.5, 0.6) is 0 Å². The molecule has 0 aromatic heterocycles. The molecule has 0 saturated carbocycles. The van der Waals surface area contributed by atoms with Gasteiger partial charge in [-0.2, -0.15) is 0 Å². The van der Waals surface area contributed by atoms with Gasteiger partial charge in [0.2, 0.25) is 0 Å². The van der Waals surface area contributed by atoms with Gasteiger partial charge in [0.15, 0.2) is 44.0 Å². The second kappa shape index (κ2) is 28.8. The fourth-order valence-electron chi connectivity index (χ4n) is 13.1. The van der Waals surface area contributed by atoms with Gasteiger partial charge in [-0.1, -0.05) is 0 Å². The summed E-state index contributed by atoms with van der Waals surface area (Å²) in [7, 11) is 0. The summed E-state index contributed by atoms with van der Waals surface area (Å²) >= 11 is 0. The standard InChI is InChI=1S/C51H87N2O35/c1-50(2)5-14(6-51(3,4)53(50)74)52-7-15-36-22(60)29(67)43(75-15)83-37-16(8-54)77-45(31(69)24(37)62)85-39-18(10-56)79-47(33(71)26(39)64)87-41-20(12-58)81-49(35(73)28(41)66)88-42-21(13-59)80-48(34(72)27(42)65)86-40-19(11-57)78-46(32(70)25(40)63)84-38-17(9-55)76-44(82-36)30(68)23(38)61/h14-49,52,54-73H,5-13H2,1-4H3/t15-,16-,17-,18-,19-,20-,21-,22-,23-,24-,25-,26-,27-,28-,29-,30-,31+,32-,33+,34-,35-,36-,37-,38-,39-,40-,41-,42-,43-,44-,45-,46-,47-,48-,49-/m1/s1. The topological polar surface area (TPSA) is 569 Å². The van der Waals surface area contributed by atoms with Gasteiger partial charge >= 0.3 is 0 Å². The first-order valence-electron chi connectivity index (χ1n) is 29.1. The van der Waals surface area contributed by atoms with Crippen LogP contribution in [0.4, 0.5) is 0 Å². The number of nitrogens with one attached hydrogen (secondary N) is 1. The molecule has 14 bridgehead atoms. The molecule has 22 aliphatic heterocycles. The molecule has 511 valence electrons. The molecule has 22 heterocycles. The molecule has 37 nitrogen and oxygen atoms in total. The average Bonchev–Trinajstić information content (AvgIpc) is 2.89. The van der Waals surface area contributed by atoms with Gasteiger partial charge in [-0.25, -0.2) is 0 Å². The molecule has 88 heavy (non-hydrogen) atoms.